The molecule has 0 atom stereocenters. The Balaban J connectivity index is 1.13. The van der Waals surface area contributed by atoms with E-state index in [1.165, 1.54) is 55.6 Å². The van der Waals surface area contributed by atoms with Crippen molar-refractivity contribution in [2.24, 2.45) is 5.92 Å². The van der Waals surface area contributed by atoms with Gasteiger partial charge in [-0.3, -0.25) is 9.59 Å². The van der Waals surface area contributed by atoms with E-state index in [0.717, 1.165) is 42.8 Å². The number of aromatic nitrogens is 1. The molecule has 1 aromatic carbocycles. The largest absolute Gasteiger partial charge is 0.573 e. The highest BCUT2D eigenvalue weighted by atomic mass is 32.1. The van der Waals surface area contributed by atoms with Gasteiger partial charge < -0.3 is 15.0 Å². The van der Waals surface area contributed by atoms with Crippen molar-refractivity contribution < 1.29 is 27.5 Å². The van der Waals surface area contributed by atoms with Gasteiger partial charge >= 0.3 is 6.36 Å². The molecule has 1 saturated heterocycles. The molecule has 2 aromatic rings. The van der Waals surface area contributed by atoms with Gasteiger partial charge in [-0.15, -0.1) is 24.5 Å². The number of piperidine rings is 1. The summed E-state index contributed by atoms with van der Waals surface area (Å²) in [4.78, 5) is 32.1. The van der Waals surface area contributed by atoms with Crippen molar-refractivity contribution in [3.8, 4) is 5.75 Å². The SMILES string of the molecule is O=C(NC1(C2CCCCC2)CC1)c1csc(C2CCN(C(=O)c3ccc(OC(F)(F)F)cc3)CC2)n1. The third-order valence-corrected chi connectivity index (χ3v) is 8.77. The predicted octanol–water partition coefficient (Wildman–Crippen LogP) is 5.90. The summed E-state index contributed by atoms with van der Waals surface area (Å²) in [5.41, 5.74) is 0.782. The fourth-order valence-electron chi connectivity index (χ4n) is 5.61. The highest BCUT2D eigenvalue weighted by Gasteiger charge is 2.50. The molecule has 6 nitrogen and oxygen atoms in total. The molecule has 2 aliphatic carbocycles. The van der Waals surface area contributed by atoms with Gasteiger partial charge in [0.05, 0.1) is 5.01 Å². The fourth-order valence-corrected chi connectivity index (χ4v) is 6.58. The molecule has 0 unspecified atom stereocenters. The van der Waals surface area contributed by atoms with Crippen LogP contribution in [0.15, 0.2) is 29.6 Å². The number of carbonyl (C=O) groups is 2. The van der Waals surface area contributed by atoms with E-state index in [0.29, 0.717) is 30.3 Å². The number of ether oxygens (including phenoxy) is 1. The molecule has 2 amide bonds. The number of halogens is 3. The van der Waals surface area contributed by atoms with Gasteiger partial charge in [0.1, 0.15) is 11.4 Å². The first-order valence-corrected chi connectivity index (χ1v) is 13.5. The van der Waals surface area contributed by atoms with Crippen LogP contribution in [-0.2, 0) is 0 Å². The number of hydrogen-bond acceptors (Lipinski definition) is 5. The lowest BCUT2D eigenvalue weighted by molar-refractivity contribution is -0.274. The van der Waals surface area contributed by atoms with Crippen molar-refractivity contribution in [2.75, 3.05) is 13.1 Å². The molecule has 10 heteroatoms. The van der Waals surface area contributed by atoms with Crippen molar-refractivity contribution >= 4 is 23.2 Å². The number of nitrogens with one attached hydrogen (secondary N) is 1. The number of benzene rings is 1. The second-order valence-corrected chi connectivity index (χ2v) is 11.0. The average Bonchev–Trinajstić information content (AvgIpc) is 3.48. The van der Waals surface area contributed by atoms with Gasteiger partial charge in [-0.2, -0.15) is 0 Å². The lowest BCUT2D eigenvalue weighted by atomic mass is 9.82. The maximum atomic E-state index is 12.9. The molecule has 2 heterocycles. The second-order valence-electron chi connectivity index (χ2n) is 10.2. The van der Waals surface area contributed by atoms with E-state index in [1.807, 2.05) is 5.38 Å². The van der Waals surface area contributed by atoms with Crippen LogP contribution in [0.25, 0.3) is 0 Å². The van der Waals surface area contributed by atoms with E-state index in [1.54, 1.807) is 4.90 Å². The number of amides is 2. The monoisotopic (exact) mass is 521 g/mol. The highest BCUT2D eigenvalue weighted by molar-refractivity contribution is 7.09. The van der Waals surface area contributed by atoms with Crippen molar-refractivity contribution in [2.45, 2.75) is 75.6 Å². The molecule has 194 valence electrons. The molecule has 1 aliphatic heterocycles. The molecule has 0 bridgehead atoms. The summed E-state index contributed by atoms with van der Waals surface area (Å²) in [6.45, 7) is 1.05. The van der Waals surface area contributed by atoms with Gasteiger partial charge in [-0.05, 0) is 68.7 Å². The number of nitrogens with zero attached hydrogens (tertiary/aromatic N) is 2. The Morgan fingerprint density at radius 2 is 1.69 bits per heavy atom. The van der Waals surface area contributed by atoms with Gasteiger partial charge in [0.25, 0.3) is 11.8 Å². The van der Waals surface area contributed by atoms with Crippen molar-refractivity contribution in [3.05, 3.63) is 45.9 Å². The molecule has 0 spiro atoms. The van der Waals surface area contributed by atoms with Gasteiger partial charge in [0, 0.05) is 35.5 Å². The maximum Gasteiger partial charge on any atom is 0.573 e. The molecule has 36 heavy (non-hydrogen) atoms. The lowest BCUT2D eigenvalue weighted by Crippen LogP contribution is -2.43. The standard InChI is InChI=1S/C26H30F3N3O3S/c27-26(28,29)35-20-8-6-18(7-9-20)24(34)32-14-10-17(11-15-32)23-30-21(16-36-23)22(33)31-25(12-13-25)19-4-2-1-3-5-19/h6-9,16-17,19H,1-5,10-15H2,(H,31,33). The minimum absolute atomic E-state index is 0.0238. The third kappa shape index (κ3) is 5.68. The molecule has 0 radical (unpaired) electrons. The fraction of sp³-hybridized carbons (Fsp3) is 0.577. The molecule has 5 rings (SSSR count). The summed E-state index contributed by atoms with van der Waals surface area (Å²) in [5, 5.41) is 6.06. The normalized spacial score (nSPS) is 20.7. The summed E-state index contributed by atoms with van der Waals surface area (Å²) < 4.78 is 40.9. The summed E-state index contributed by atoms with van der Waals surface area (Å²) in [6, 6.07) is 4.99. The first-order valence-electron chi connectivity index (χ1n) is 12.7. The molecular weight excluding hydrogens is 491 g/mol. The second kappa shape index (κ2) is 10.0. The number of likely N-dealkylation sites (tertiary alicyclic amines) is 1. The van der Waals surface area contributed by atoms with E-state index < -0.39 is 6.36 Å². The van der Waals surface area contributed by atoms with Crippen LogP contribution in [0, 0.1) is 5.92 Å². The van der Waals surface area contributed by atoms with Crippen LogP contribution < -0.4 is 10.1 Å². The number of rotatable bonds is 6. The van der Waals surface area contributed by atoms with Crippen molar-refractivity contribution in [3.63, 3.8) is 0 Å². The quantitative estimate of drug-likeness (QED) is 0.514. The number of thiazole rings is 1. The van der Waals surface area contributed by atoms with Crippen LogP contribution in [0.3, 0.4) is 0 Å². The molecule has 1 N–H and O–H groups in total. The molecule has 2 saturated carbocycles. The Hall–Kier alpha value is -2.62. The molecular formula is C26H30F3N3O3S. The molecule has 1 aromatic heterocycles. The lowest BCUT2D eigenvalue weighted by Gasteiger charge is -2.31. The van der Waals surface area contributed by atoms with Gasteiger partial charge in [-0.1, -0.05) is 19.3 Å². The first kappa shape index (κ1) is 25.0. The minimum Gasteiger partial charge on any atom is -0.406 e. The predicted molar refractivity (Wildman–Crippen MR) is 129 cm³/mol. The Kier molecular flexibility index (Phi) is 6.98. The van der Waals surface area contributed by atoms with Gasteiger partial charge in [-0.25, -0.2) is 4.98 Å². The summed E-state index contributed by atoms with van der Waals surface area (Å²) in [5.74, 6) is 0.113. The van der Waals surface area contributed by atoms with Crippen LogP contribution in [-0.4, -0.2) is 46.7 Å². The Morgan fingerprint density at radius 3 is 2.31 bits per heavy atom. The summed E-state index contributed by atoms with van der Waals surface area (Å²) >= 11 is 1.50. The van der Waals surface area contributed by atoms with Crippen molar-refractivity contribution in [1.29, 1.82) is 0 Å². The van der Waals surface area contributed by atoms with E-state index in [4.69, 9.17) is 0 Å². The van der Waals surface area contributed by atoms with Gasteiger partial charge in [0.2, 0.25) is 0 Å². The summed E-state index contributed by atoms with van der Waals surface area (Å²) in [6.07, 6.45) is 5.00. The van der Waals surface area contributed by atoms with Crippen LogP contribution in [0.2, 0.25) is 0 Å². The zero-order valence-electron chi connectivity index (χ0n) is 20.0. The molecule has 3 fully saturated rings. The Bertz CT molecular complexity index is 1080. The number of carbonyl (C=O) groups excluding carboxylic acids is 2. The summed E-state index contributed by atoms with van der Waals surface area (Å²) in [7, 11) is 0. The highest BCUT2D eigenvalue weighted by Crippen LogP contribution is 2.48. The van der Waals surface area contributed by atoms with E-state index in [2.05, 4.69) is 15.0 Å². The Morgan fingerprint density at radius 1 is 1.03 bits per heavy atom. The van der Waals surface area contributed by atoms with Crippen LogP contribution >= 0.6 is 11.3 Å². The number of alkyl halides is 3. The van der Waals surface area contributed by atoms with E-state index in [9.17, 15) is 22.8 Å². The zero-order chi connectivity index (χ0) is 25.3. The average molecular weight is 522 g/mol. The van der Waals surface area contributed by atoms with E-state index >= 15 is 0 Å². The minimum atomic E-state index is -4.77. The van der Waals surface area contributed by atoms with Gasteiger partial charge in [0.15, 0.2) is 0 Å². The Labute approximate surface area is 212 Å². The van der Waals surface area contributed by atoms with Crippen LogP contribution in [0.1, 0.15) is 89.6 Å². The van der Waals surface area contributed by atoms with Crippen LogP contribution in [0.4, 0.5) is 13.2 Å². The number of hydrogen-bond donors (Lipinski definition) is 1. The first-order chi connectivity index (χ1) is 17.2. The van der Waals surface area contributed by atoms with E-state index in [-0.39, 0.29) is 29.0 Å². The van der Waals surface area contributed by atoms with Crippen molar-refractivity contribution in [1.82, 2.24) is 15.2 Å². The molecule has 3 aliphatic rings. The zero-order valence-corrected chi connectivity index (χ0v) is 20.8. The smallest absolute Gasteiger partial charge is 0.406 e. The maximum absolute atomic E-state index is 12.9. The topological polar surface area (TPSA) is 71.5 Å². The third-order valence-electron chi connectivity index (χ3n) is 7.76. The van der Waals surface area contributed by atoms with Crippen LogP contribution in [0.5, 0.6) is 5.75 Å².